The van der Waals surface area contributed by atoms with Gasteiger partial charge in [-0.25, -0.2) is 4.79 Å². The lowest BCUT2D eigenvalue weighted by molar-refractivity contribution is -0.137. The van der Waals surface area contributed by atoms with Gasteiger partial charge < -0.3 is 14.9 Å². The van der Waals surface area contributed by atoms with Crippen LogP contribution in [-0.2, 0) is 11.3 Å². The van der Waals surface area contributed by atoms with Gasteiger partial charge in [-0.05, 0) is 24.6 Å². The van der Waals surface area contributed by atoms with Crippen molar-refractivity contribution >= 4 is 12.0 Å². The molecule has 1 N–H and O–H groups in total. The molecule has 0 saturated heterocycles. The highest BCUT2D eigenvalue weighted by molar-refractivity contribution is 5.75. The SMILES string of the molecule is CCN(CCC(=O)O)C(=O)N(C)Cc1cccc(C#N)c1. The van der Waals surface area contributed by atoms with Crippen molar-refractivity contribution in [1.82, 2.24) is 9.80 Å². The van der Waals surface area contributed by atoms with Crippen LogP contribution in [0.1, 0.15) is 24.5 Å². The van der Waals surface area contributed by atoms with E-state index < -0.39 is 5.97 Å². The Hall–Kier alpha value is -2.55. The van der Waals surface area contributed by atoms with Gasteiger partial charge in [0.05, 0.1) is 18.1 Å². The number of carboxylic acid groups (broad SMARTS) is 1. The summed E-state index contributed by atoms with van der Waals surface area (Å²) in [7, 11) is 1.66. The largest absolute Gasteiger partial charge is 0.481 e. The number of urea groups is 1. The predicted octanol–water partition coefficient (Wildman–Crippen LogP) is 1.91. The molecule has 0 heterocycles. The smallest absolute Gasteiger partial charge is 0.320 e. The van der Waals surface area contributed by atoms with Crippen molar-refractivity contribution in [3.05, 3.63) is 35.4 Å². The Bertz CT molecular complexity index is 551. The second kappa shape index (κ2) is 7.90. The number of nitriles is 1. The van der Waals surface area contributed by atoms with E-state index >= 15 is 0 Å². The van der Waals surface area contributed by atoms with Crippen molar-refractivity contribution in [2.75, 3.05) is 20.1 Å². The summed E-state index contributed by atoms with van der Waals surface area (Å²) in [4.78, 5) is 25.8. The van der Waals surface area contributed by atoms with Gasteiger partial charge >= 0.3 is 12.0 Å². The van der Waals surface area contributed by atoms with Crippen molar-refractivity contribution in [3.63, 3.8) is 0 Å². The molecule has 1 rings (SSSR count). The van der Waals surface area contributed by atoms with Crippen LogP contribution in [0.25, 0.3) is 0 Å². The Morgan fingerprint density at radius 1 is 1.38 bits per heavy atom. The molecule has 0 aliphatic rings. The van der Waals surface area contributed by atoms with Gasteiger partial charge in [0.25, 0.3) is 0 Å². The zero-order chi connectivity index (χ0) is 15.8. The quantitative estimate of drug-likeness (QED) is 0.866. The van der Waals surface area contributed by atoms with Crippen molar-refractivity contribution in [3.8, 4) is 6.07 Å². The van der Waals surface area contributed by atoms with Crippen molar-refractivity contribution in [2.24, 2.45) is 0 Å². The van der Waals surface area contributed by atoms with Gasteiger partial charge in [-0.15, -0.1) is 0 Å². The van der Waals surface area contributed by atoms with Crippen molar-refractivity contribution < 1.29 is 14.7 Å². The van der Waals surface area contributed by atoms with Crippen LogP contribution < -0.4 is 0 Å². The molecule has 2 amide bonds. The van der Waals surface area contributed by atoms with Gasteiger partial charge in [0.1, 0.15) is 0 Å². The predicted molar refractivity (Wildman–Crippen MR) is 77.5 cm³/mol. The van der Waals surface area contributed by atoms with Gasteiger partial charge in [0.2, 0.25) is 0 Å². The molecule has 0 radical (unpaired) electrons. The second-order valence-electron chi connectivity index (χ2n) is 4.67. The number of nitrogens with zero attached hydrogens (tertiary/aromatic N) is 3. The molecule has 0 aromatic heterocycles. The maximum Gasteiger partial charge on any atom is 0.320 e. The van der Waals surface area contributed by atoms with E-state index in [0.29, 0.717) is 18.7 Å². The van der Waals surface area contributed by atoms with Gasteiger partial charge in [-0.2, -0.15) is 5.26 Å². The molecule has 0 saturated carbocycles. The molecule has 1 aromatic rings. The molecular formula is C15H19N3O3. The van der Waals surface area contributed by atoms with E-state index in [9.17, 15) is 9.59 Å². The summed E-state index contributed by atoms with van der Waals surface area (Å²) < 4.78 is 0. The monoisotopic (exact) mass is 289 g/mol. The molecule has 0 spiro atoms. The molecule has 0 aliphatic carbocycles. The number of rotatable bonds is 6. The van der Waals surface area contributed by atoms with Gasteiger partial charge in [-0.1, -0.05) is 12.1 Å². The molecule has 6 nitrogen and oxygen atoms in total. The van der Waals surface area contributed by atoms with Crippen LogP contribution in [0.4, 0.5) is 4.79 Å². The molecule has 0 fully saturated rings. The van der Waals surface area contributed by atoms with Crippen LogP contribution in [0.3, 0.4) is 0 Å². The summed E-state index contributed by atoms with van der Waals surface area (Å²) in [5.41, 5.74) is 1.41. The van der Waals surface area contributed by atoms with Crippen molar-refractivity contribution in [2.45, 2.75) is 19.9 Å². The minimum absolute atomic E-state index is 0.0721. The Morgan fingerprint density at radius 3 is 2.67 bits per heavy atom. The highest BCUT2D eigenvalue weighted by atomic mass is 16.4. The van der Waals surface area contributed by atoms with Crippen LogP contribution >= 0.6 is 0 Å². The normalized spacial score (nSPS) is 9.76. The van der Waals surface area contributed by atoms with E-state index in [1.165, 1.54) is 9.80 Å². The van der Waals surface area contributed by atoms with Gasteiger partial charge in [0.15, 0.2) is 0 Å². The fourth-order valence-electron chi connectivity index (χ4n) is 1.94. The fourth-order valence-corrected chi connectivity index (χ4v) is 1.94. The lowest BCUT2D eigenvalue weighted by Crippen LogP contribution is -2.41. The molecule has 6 heteroatoms. The minimum atomic E-state index is -0.925. The third-order valence-electron chi connectivity index (χ3n) is 3.05. The summed E-state index contributed by atoms with van der Waals surface area (Å²) in [5.74, 6) is -0.925. The first-order valence-electron chi connectivity index (χ1n) is 6.68. The first-order valence-corrected chi connectivity index (χ1v) is 6.68. The number of hydrogen-bond acceptors (Lipinski definition) is 3. The Balaban J connectivity index is 2.68. The zero-order valence-electron chi connectivity index (χ0n) is 12.2. The molecular weight excluding hydrogens is 270 g/mol. The molecule has 0 bridgehead atoms. The first kappa shape index (κ1) is 16.5. The van der Waals surface area contributed by atoms with Crippen LogP contribution in [0, 0.1) is 11.3 Å². The molecule has 0 aliphatic heterocycles. The van der Waals surface area contributed by atoms with Crippen LogP contribution in [0.2, 0.25) is 0 Å². The Labute approximate surface area is 124 Å². The zero-order valence-corrected chi connectivity index (χ0v) is 12.2. The number of benzene rings is 1. The van der Waals surface area contributed by atoms with E-state index in [0.717, 1.165) is 5.56 Å². The number of carbonyl (C=O) groups is 2. The molecule has 0 atom stereocenters. The number of aliphatic carboxylic acids is 1. The molecule has 1 aromatic carbocycles. The fraction of sp³-hybridized carbons (Fsp3) is 0.400. The average Bonchev–Trinajstić information content (AvgIpc) is 2.47. The highest BCUT2D eigenvalue weighted by Gasteiger charge is 2.17. The lowest BCUT2D eigenvalue weighted by Gasteiger charge is -2.27. The number of amides is 2. The van der Waals surface area contributed by atoms with E-state index in [1.54, 1.807) is 25.2 Å². The number of carboxylic acids is 1. The molecule has 112 valence electrons. The van der Waals surface area contributed by atoms with Crippen LogP contribution in [0.15, 0.2) is 24.3 Å². The average molecular weight is 289 g/mol. The summed E-state index contributed by atoms with van der Waals surface area (Å²) in [6, 6.07) is 8.89. The molecule has 0 unspecified atom stereocenters. The Kier molecular flexibility index (Phi) is 6.21. The summed E-state index contributed by atoms with van der Waals surface area (Å²) >= 11 is 0. The van der Waals surface area contributed by atoms with Crippen molar-refractivity contribution in [1.29, 1.82) is 5.26 Å². The summed E-state index contributed by atoms with van der Waals surface area (Å²) in [6.07, 6.45) is -0.0721. The van der Waals surface area contributed by atoms with E-state index in [2.05, 4.69) is 6.07 Å². The summed E-state index contributed by atoms with van der Waals surface area (Å²) in [5, 5.41) is 17.5. The number of carbonyl (C=O) groups excluding carboxylic acids is 1. The van der Waals surface area contributed by atoms with Crippen LogP contribution in [-0.4, -0.2) is 47.0 Å². The van der Waals surface area contributed by atoms with E-state index in [1.807, 2.05) is 13.0 Å². The highest BCUT2D eigenvalue weighted by Crippen LogP contribution is 2.09. The standard InChI is InChI=1S/C15H19N3O3/c1-3-18(8-7-14(19)20)15(21)17(2)11-13-6-4-5-12(9-13)10-16/h4-6,9H,3,7-8,11H2,1-2H3,(H,19,20). The first-order chi connectivity index (χ1) is 9.97. The third kappa shape index (κ3) is 5.15. The van der Waals surface area contributed by atoms with E-state index in [-0.39, 0.29) is 19.0 Å². The third-order valence-corrected chi connectivity index (χ3v) is 3.05. The maximum absolute atomic E-state index is 12.2. The summed E-state index contributed by atoms with van der Waals surface area (Å²) in [6.45, 7) is 2.82. The van der Waals surface area contributed by atoms with Gasteiger partial charge in [0, 0.05) is 26.7 Å². The molecule has 21 heavy (non-hydrogen) atoms. The lowest BCUT2D eigenvalue weighted by atomic mass is 10.1. The second-order valence-corrected chi connectivity index (χ2v) is 4.67. The maximum atomic E-state index is 12.2. The topological polar surface area (TPSA) is 84.6 Å². The number of hydrogen-bond donors (Lipinski definition) is 1. The minimum Gasteiger partial charge on any atom is -0.481 e. The Morgan fingerprint density at radius 2 is 2.10 bits per heavy atom. The van der Waals surface area contributed by atoms with E-state index in [4.69, 9.17) is 10.4 Å². The van der Waals surface area contributed by atoms with Crippen LogP contribution in [0.5, 0.6) is 0 Å². The van der Waals surface area contributed by atoms with Gasteiger partial charge in [-0.3, -0.25) is 4.79 Å².